The Balaban J connectivity index is 1.65. The van der Waals surface area contributed by atoms with Gasteiger partial charge in [-0.25, -0.2) is 0 Å². The van der Waals surface area contributed by atoms with Gasteiger partial charge in [-0.15, -0.1) is 5.10 Å². The van der Waals surface area contributed by atoms with Gasteiger partial charge in [-0.1, -0.05) is 0 Å². The zero-order chi connectivity index (χ0) is 16.0. The van der Waals surface area contributed by atoms with Crippen molar-refractivity contribution in [3.05, 3.63) is 29.2 Å². The average molecular weight is 329 g/mol. The molecule has 23 heavy (non-hydrogen) atoms. The van der Waals surface area contributed by atoms with Crippen molar-refractivity contribution in [1.29, 1.82) is 5.41 Å². The zero-order valence-electron chi connectivity index (χ0n) is 12.6. The number of nitrogens with one attached hydrogen (secondary N) is 1. The minimum atomic E-state index is -0.430. The SMILES string of the molecule is Cc1ccc(/C=C2\C(=N)N3N=C(N4CCCC4)SC3=NC2=O)o1. The Morgan fingerprint density at radius 3 is 2.78 bits per heavy atom. The lowest BCUT2D eigenvalue weighted by molar-refractivity contribution is -0.114. The Labute approximate surface area is 137 Å². The number of fused-ring (bicyclic) bond motifs is 1. The molecule has 1 fully saturated rings. The number of aryl methyl sites for hydroxylation is 1. The number of likely N-dealkylation sites (tertiary alicyclic amines) is 1. The van der Waals surface area contributed by atoms with E-state index in [1.165, 1.54) is 16.8 Å². The summed E-state index contributed by atoms with van der Waals surface area (Å²) in [5, 5.41) is 15.5. The van der Waals surface area contributed by atoms with E-state index in [1.54, 1.807) is 12.1 Å². The molecule has 1 saturated heterocycles. The Hall–Kier alpha value is -2.35. The fourth-order valence-corrected chi connectivity index (χ4v) is 3.64. The molecular weight excluding hydrogens is 314 g/mol. The second-order valence-corrected chi connectivity index (χ2v) is 6.48. The van der Waals surface area contributed by atoms with E-state index in [9.17, 15) is 4.79 Å². The van der Waals surface area contributed by atoms with Crippen LogP contribution in [0.5, 0.6) is 0 Å². The Bertz CT molecular complexity index is 786. The van der Waals surface area contributed by atoms with Gasteiger partial charge < -0.3 is 9.32 Å². The predicted octanol–water partition coefficient (Wildman–Crippen LogP) is 2.26. The molecule has 3 aliphatic heterocycles. The van der Waals surface area contributed by atoms with E-state index in [0.29, 0.717) is 10.9 Å². The largest absolute Gasteiger partial charge is 0.462 e. The number of hydrazone groups is 1. The Morgan fingerprint density at radius 1 is 1.30 bits per heavy atom. The standard InChI is InChI=1S/C15H15N5O2S/c1-9-4-5-10(22-9)8-11-12(16)20-14(17-13(11)21)23-15(18-20)19-6-2-3-7-19/h4-5,8,16H,2-3,6-7H2,1H3/b11-8+,16-12?. The van der Waals surface area contributed by atoms with Crippen LogP contribution in [0.2, 0.25) is 0 Å². The number of rotatable bonds is 1. The molecule has 8 heteroatoms. The van der Waals surface area contributed by atoms with Gasteiger partial charge in [-0.05, 0) is 49.7 Å². The monoisotopic (exact) mass is 329 g/mol. The van der Waals surface area contributed by atoms with Crippen LogP contribution in [0.15, 0.2) is 32.2 Å². The quantitative estimate of drug-likeness (QED) is 0.799. The van der Waals surface area contributed by atoms with Crippen LogP contribution in [0, 0.1) is 12.3 Å². The highest BCUT2D eigenvalue weighted by molar-refractivity contribution is 8.26. The lowest BCUT2D eigenvalue weighted by Gasteiger charge is -2.19. The third-order valence-corrected chi connectivity index (χ3v) is 4.84. The van der Waals surface area contributed by atoms with Crippen molar-refractivity contribution in [1.82, 2.24) is 9.91 Å². The molecule has 4 heterocycles. The molecule has 0 bridgehead atoms. The molecule has 0 saturated carbocycles. The van der Waals surface area contributed by atoms with Gasteiger partial charge in [0.2, 0.25) is 5.17 Å². The van der Waals surface area contributed by atoms with Crippen LogP contribution in [0.4, 0.5) is 0 Å². The minimum absolute atomic E-state index is 0.0377. The number of carbonyl (C=O) groups is 1. The van der Waals surface area contributed by atoms with Crippen LogP contribution in [-0.2, 0) is 4.79 Å². The van der Waals surface area contributed by atoms with E-state index in [2.05, 4.69) is 15.0 Å². The van der Waals surface area contributed by atoms with Gasteiger partial charge in [0.05, 0.1) is 5.57 Å². The molecular formula is C15H15N5O2S. The van der Waals surface area contributed by atoms with Crippen molar-refractivity contribution in [3.8, 4) is 0 Å². The topological polar surface area (TPSA) is 85.3 Å². The summed E-state index contributed by atoms with van der Waals surface area (Å²) in [4.78, 5) is 18.5. The van der Waals surface area contributed by atoms with Crippen LogP contribution in [-0.4, -0.2) is 45.1 Å². The van der Waals surface area contributed by atoms with Crippen LogP contribution in [0.25, 0.3) is 6.08 Å². The van der Waals surface area contributed by atoms with Crippen molar-refractivity contribution >= 4 is 39.9 Å². The molecule has 0 radical (unpaired) electrons. The van der Waals surface area contributed by atoms with E-state index in [-0.39, 0.29) is 11.4 Å². The van der Waals surface area contributed by atoms with E-state index >= 15 is 0 Å². The van der Waals surface area contributed by atoms with Gasteiger partial charge in [-0.3, -0.25) is 10.2 Å². The second-order valence-electron chi connectivity index (χ2n) is 5.55. The van der Waals surface area contributed by atoms with Gasteiger partial charge in [0.1, 0.15) is 11.5 Å². The Kier molecular flexibility index (Phi) is 3.33. The zero-order valence-corrected chi connectivity index (χ0v) is 13.4. The van der Waals surface area contributed by atoms with Crippen molar-refractivity contribution in [3.63, 3.8) is 0 Å². The number of thioether (sulfide) groups is 1. The van der Waals surface area contributed by atoms with Gasteiger partial charge >= 0.3 is 0 Å². The highest BCUT2D eigenvalue weighted by atomic mass is 32.2. The summed E-state index contributed by atoms with van der Waals surface area (Å²) >= 11 is 1.35. The third-order valence-electron chi connectivity index (χ3n) is 3.87. The summed E-state index contributed by atoms with van der Waals surface area (Å²) in [6, 6.07) is 3.58. The number of furan rings is 1. The molecule has 0 spiro atoms. The number of nitrogens with zero attached hydrogens (tertiary/aromatic N) is 4. The molecule has 1 aromatic rings. The first-order chi connectivity index (χ1) is 11.1. The number of amidine groups is 3. The van der Waals surface area contributed by atoms with Gasteiger partial charge in [-0.2, -0.15) is 10.0 Å². The predicted molar refractivity (Wildman–Crippen MR) is 89.3 cm³/mol. The summed E-state index contributed by atoms with van der Waals surface area (Å²) in [6.45, 7) is 3.75. The highest BCUT2D eigenvalue weighted by Gasteiger charge is 2.37. The maximum Gasteiger partial charge on any atom is 0.283 e. The maximum absolute atomic E-state index is 12.2. The van der Waals surface area contributed by atoms with Crippen LogP contribution in [0.3, 0.4) is 0 Å². The molecule has 1 N–H and O–H groups in total. The summed E-state index contributed by atoms with van der Waals surface area (Å²) in [5.74, 6) is 0.892. The molecule has 118 valence electrons. The van der Waals surface area contributed by atoms with Crippen molar-refractivity contribution < 1.29 is 9.21 Å². The van der Waals surface area contributed by atoms with E-state index < -0.39 is 5.91 Å². The lowest BCUT2D eigenvalue weighted by Crippen LogP contribution is -2.35. The van der Waals surface area contributed by atoms with Crippen LogP contribution >= 0.6 is 11.8 Å². The van der Waals surface area contributed by atoms with Crippen molar-refractivity contribution in [2.24, 2.45) is 10.1 Å². The second kappa shape index (κ2) is 5.38. The average Bonchev–Trinajstić information content (AvgIpc) is 3.23. The van der Waals surface area contributed by atoms with Crippen molar-refractivity contribution in [2.75, 3.05) is 13.1 Å². The molecule has 1 amide bonds. The highest BCUT2D eigenvalue weighted by Crippen LogP contribution is 2.30. The maximum atomic E-state index is 12.2. The van der Waals surface area contributed by atoms with E-state index in [1.807, 2.05) is 13.0 Å². The van der Waals surface area contributed by atoms with Crippen molar-refractivity contribution in [2.45, 2.75) is 19.8 Å². The number of aliphatic imine (C=N–C) groups is 1. The summed E-state index contributed by atoms with van der Waals surface area (Å²) in [5.41, 5.74) is 0.190. The van der Waals surface area contributed by atoms with Gasteiger partial charge in [0, 0.05) is 13.1 Å². The molecule has 7 nitrogen and oxygen atoms in total. The Morgan fingerprint density at radius 2 is 2.09 bits per heavy atom. The first-order valence-corrected chi connectivity index (χ1v) is 8.25. The number of hydrogen-bond acceptors (Lipinski definition) is 6. The molecule has 0 aromatic carbocycles. The van der Waals surface area contributed by atoms with Gasteiger partial charge in [0.15, 0.2) is 11.0 Å². The smallest absolute Gasteiger partial charge is 0.283 e. The van der Waals surface area contributed by atoms with Gasteiger partial charge in [0.25, 0.3) is 5.91 Å². The van der Waals surface area contributed by atoms with Crippen LogP contribution in [0.1, 0.15) is 24.4 Å². The normalized spacial score (nSPS) is 22.7. The first kappa shape index (κ1) is 14.3. The van der Waals surface area contributed by atoms with Crippen LogP contribution < -0.4 is 0 Å². The fourth-order valence-electron chi connectivity index (χ4n) is 2.69. The molecule has 1 aromatic heterocycles. The van der Waals surface area contributed by atoms with E-state index in [0.717, 1.165) is 36.9 Å². The lowest BCUT2D eigenvalue weighted by atomic mass is 10.1. The molecule has 0 aliphatic carbocycles. The summed E-state index contributed by atoms with van der Waals surface area (Å²) in [6.07, 6.45) is 3.84. The fraction of sp³-hybridized carbons (Fsp3) is 0.333. The third kappa shape index (κ3) is 2.48. The number of hydrogen-bond donors (Lipinski definition) is 1. The summed E-state index contributed by atoms with van der Waals surface area (Å²) < 4.78 is 5.46. The first-order valence-electron chi connectivity index (χ1n) is 7.43. The van der Waals surface area contributed by atoms with E-state index in [4.69, 9.17) is 9.83 Å². The molecule has 3 aliphatic rings. The number of amides is 1. The minimum Gasteiger partial charge on any atom is -0.462 e. The summed E-state index contributed by atoms with van der Waals surface area (Å²) in [7, 11) is 0. The molecule has 0 atom stereocenters. The molecule has 0 unspecified atom stereocenters. The molecule has 4 rings (SSSR count). The number of carbonyl (C=O) groups excluding carboxylic acids is 1.